The standard InChI is InChI=1S/C34H20N4S/c1-3-11-29-23(7-1)25-9-5-17-35-33(25)37(29)21-13-15-31-27(19-21)28-20-22(14-16-32(28)39-31)38-30-12-4-2-8-24(30)26-10-6-18-36-34(26)38/h1-20H. The summed E-state index contributed by atoms with van der Waals surface area (Å²) < 4.78 is 7.13. The molecule has 5 heteroatoms. The Hall–Kier alpha value is -5.00. The number of rotatable bonds is 2. The van der Waals surface area contributed by atoms with Gasteiger partial charge in [0.1, 0.15) is 11.3 Å². The predicted octanol–water partition coefficient (Wildman–Crippen LogP) is 9.04. The minimum atomic E-state index is 0.981. The zero-order valence-electron chi connectivity index (χ0n) is 20.7. The lowest BCUT2D eigenvalue weighted by Gasteiger charge is -2.09. The highest BCUT2D eigenvalue weighted by atomic mass is 32.1. The normalized spacial score (nSPS) is 12.1. The van der Waals surface area contributed by atoms with Crippen molar-refractivity contribution >= 4 is 75.4 Å². The molecule has 0 fully saturated rings. The van der Waals surface area contributed by atoms with Crippen LogP contribution in [0.2, 0.25) is 0 Å². The smallest absolute Gasteiger partial charge is 0.145 e. The van der Waals surface area contributed by atoms with Crippen LogP contribution in [0, 0.1) is 0 Å². The van der Waals surface area contributed by atoms with Gasteiger partial charge in [-0.25, -0.2) is 9.97 Å². The molecule has 0 aliphatic carbocycles. The lowest BCUT2D eigenvalue weighted by molar-refractivity contribution is 1.14. The van der Waals surface area contributed by atoms with Crippen molar-refractivity contribution in [2.45, 2.75) is 0 Å². The van der Waals surface area contributed by atoms with Gasteiger partial charge in [-0.1, -0.05) is 36.4 Å². The Labute approximate surface area is 227 Å². The Morgan fingerprint density at radius 3 is 1.41 bits per heavy atom. The molecule has 0 N–H and O–H groups in total. The van der Waals surface area contributed by atoms with Crippen molar-refractivity contribution in [1.82, 2.24) is 19.1 Å². The predicted molar refractivity (Wildman–Crippen MR) is 164 cm³/mol. The lowest BCUT2D eigenvalue weighted by atomic mass is 10.1. The van der Waals surface area contributed by atoms with Crippen molar-refractivity contribution in [3.05, 3.63) is 122 Å². The SMILES string of the molecule is c1ccc2c(c1)c1cccnc1n2-c1ccc2sc3ccc(-n4c5ccccc5c5cccnc54)cc3c2c1. The molecule has 0 atom stereocenters. The van der Waals surface area contributed by atoms with Crippen LogP contribution < -0.4 is 0 Å². The highest BCUT2D eigenvalue weighted by Crippen LogP contribution is 2.39. The summed E-state index contributed by atoms with van der Waals surface area (Å²) >= 11 is 1.84. The van der Waals surface area contributed by atoms with E-state index in [1.807, 2.05) is 35.9 Å². The molecular formula is C34H20N4S. The van der Waals surface area contributed by atoms with Crippen LogP contribution in [0.25, 0.3) is 75.4 Å². The van der Waals surface area contributed by atoms with Gasteiger partial charge in [0.15, 0.2) is 0 Å². The minimum absolute atomic E-state index is 0.981. The Morgan fingerprint density at radius 2 is 0.897 bits per heavy atom. The molecule has 182 valence electrons. The Balaban J connectivity index is 1.32. The van der Waals surface area contributed by atoms with Gasteiger partial charge in [-0.05, 0) is 72.8 Å². The first-order valence-electron chi connectivity index (χ1n) is 13.0. The van der Waals surface area contributed by atoms with E-state index in [1.54, 1.807) is 0 Å². The molecule has 0 radical (unpaired) electrons. The molecule has 39 heavy (non-hydrogen) atoms. The summed E-state index contributed by atoms with van der Waals surface area (Å²) in [5.41, 5.74) is 6.54. The summed E-state index contributed by atoms with van der Waals surface area (Å²) in [6.45, 7) is 0. The third-order valence-corrected chi connectivity index (χ3v) is 8.97. The molecule has 0 aliphatic rings. The molecule has 9 aromatic rings. The molecule has 0 aliphatic heterocycles. The summed E-state index contributed by atoms with van der Waals surface area (Å²) in [5.74, 6) is 0. The summed E-state index contributed by atoms with van der Waals surface area (Å²) in [6, 6.07) is 39.0. The quantitative estimate of drug-likeness (QED) is 0.230. The van der Waals surface area contributed by atoms with Crippen LogP contribution in [-0.4, -0.2) is 19.1 Å². The molecule has 0 saturated heterocycles. The maximum absolute atomic E-state index is 4.79. The topological polar surface area (TPSA) is 35.6 Å². The summed E-state index contributed by atoms with van der Waals surface area (Å²) in [5, 5.41) is 7.29. The number of pyridine rings is 2. The number of para-hydroxylation sites is 2. The van der Waals surface area contributed by atoms with Crippen LogP contribution >= 0.6 is 11.3 Å². The molecular weight excluding hydrogens is 496 g/mol. The number of hydrogen-bond donors (Lipinski definition) is 0. The minimum Gasteiger partial charge on any atom is -0.294 e. The van der Waals surface area contributed by atoms with Crippen LogP contribution in [0.5, 0.6) is 0 Å². The lowest BCUT2D eigenvalue weighted by Crippen LogP contribution is -1.95. The maximum Gasteiger partial charge on any atom is 0.145 e. The first-order chi connectivity index (χ1) is 19.3. The second-order valence-electron chi connectivity index (χ2n) is 9.92. The average Bonchev–Trinajstić information content (AvgIpc) is 3.64. The van der Waals surface area contributed by atoms with Crippen LogP contribution in [-0.2, 0) is 0 Å². The van der Waals surface area contributed by atoms with Crippen LogP contribution in [0.3, 0.4) is 0 Å². The summed E-state index contributed by atoms with van der Waals surface area (Å²) in [7, 11) is 0. The maximum atomic E-state index is 4.79. The van der Waals surface area contributed by atoms with Gasteiger partial charge < -0.3 is 0 Å². The fraction of sp³-hybridized carbons (Fsp3) is 0. The summed E-state index contributed by atoms with van der Waals surface area (Å²) in [4.78, 5) is 9.57. The van der Waals surface area contributed by atoms with Crippen molar-refractivity contribution in [3.8, 4) is 11.4 Å². The van der Waals surface area contributed by atoms with Gasteiger partial charge >= 0.3 is 0 Å². The van der Waals surface area contributed by atoms with Gasteiger partial charge in [0, 0.05) is 65.5 Å². The number of aromatic nitrogens is 4. The molecule has 0 unspecified atom stereocenters. The van der Waals surface area contributed by atoms with Gasteiger partial charge in [-0.15, -0.1) is 11.3 Å². The van der Waals surface area contributed by atoms with Crippen molar-refractivity contribution in [1.29, 1.82) is 0 Å². The van der Waals surface area contributed by atoms with Crippen molar-refractivity contribution in [2.75, 3.05) is 0 Å². The number of thiophene rings is 1. The van der Waals surface area contributed by atoms with Gasteiger partial charge in [-0.3, -0.25) is 9.13 Å². The average molecular weight is 517 g/mol. The zero-order chi connectivity index (χ0) is 25.5. The Kier molecular flexibility index (Phi) is 4.18. The molecule has 4 aromatic carbocycles. The van der Waals surface area contributed by atoms with E-state index in [1.165, 1.54) is 52.8 Å². The van der Waals surface area contributed by atoms with Crippen LogP contribution in [0.4, 0.5) is 0 Å². The molecule has 0 amide bonds. The number of benzene rings is 4. The number of nitrogens with zero attached hydrogens (tertiary/aromatic N) is 4. The number of fused-ring (bicyclic) bond motifs is 9. The van der Waals surface area contributed by atoms with E-state index in [9.17, 15) is 0 Å². The Bertz CT molecular complexity index is 2130. The van der Waals surface area contributed by atoms with Crippen molar-refractivity contribution in [2.24, 2.45) is 0 Å². The van der Waals surface area contributed by atoms with Crippen molar-refractivity contribution < 1.29 is 0 Å². The van der Waals surface area contributed by atoms with E-state index < -0.39 is 0 Å². The molecule has 0 spiro atoms. The van der Waals surface area contributed by atoms with Gasteiger partial charge in [0.05, 0.1) is 11.0 Å². The molecule has 0 bridgehead atoms. The molecule has 4 nitrogen and oxygen atoms in total. The van der Waals surface area contributed by atoms with Crippen molar-refractivity contribution in [3.63, 3.8) is 0 Å². The van der Waals surface area contributed by atoms with E-state index in [2.05, 4.69) is 106 Å². The molecule has 0 saturated carbocycles. The molecule has 5 heterocycles. The number of hydrogen-bond acceptors (Lipinski definition) is 3. The first kappa shape index (κ1) is 21.0. The second kappa shape index (κ2) is 7.76. The highest BCUT2D eigenvalue weighted by Gasteiger charge is 2.16. The van der Waals surface area contributed by atoms with E-state index >= 15 is 0 Å². The van der Waals surface area contributed by atoms with E-state index in [0.29, 0.717) is 0 Å². The van der Waals surface area contributed by atoms with Crippen LogP contribution in [0.1, 0.15) is 0 Å². The molecule has 5 aromatic heterocycles. The van der Waals surface area contributed by atoms with E-state index in [4.69, 9.17) is 9.97 Å². The molecule has 9 rings (SSSR count). The van der Waals surface area contributed by atoms with Gasteiger partial charge in [0.2, 0.25) is 0 Å². The van der Waals surface area contributed by atoms with E-state index in [0.717, 1.165) is 22.7 Å². The zero-order valence-corrected chi connectivity index (χ0v) is 21.6. The van der Waals surface area contributed by atoms with Crippen LogP contribution in [0.15, 0.2) is 122 Å². The van der Waals surface area contributed by atoms with E-state index in [-0.39, 0.29) is 0 Å². The third kappa shape index (κ3) is 2.88. The fourth-order valence-electron chi connectivity index (χ4n) is 6.15. The van der Waals surface area contributed by atoms with Gasteiger partial charge in [-0.2, -0.15) is 0 Å². The first-order valence-corrected chi connectivity index (χ1v) is 13.8. The van der Waals surface area contributed by atoms with Gasteiger partial charge in [0.25, 0.3) is 0 Å². The Morgan fingerprint density at radius 1 is 0.436 bits per heavy atom. The third-order valence-electron chi connectivity index (χ3n) is 7.82. The highest BCUT2D eigenvalue weighted by molar-refractivity contribution is 7.25. The largest absolute Gasteiger partial charge is 0.294 e. The fourth-order valence-corrected chi connectivity index (χ4v) is 7.21. The summed E-state index contributed by atoms with van der Waals surface area (Å²) in [6.07, 6.45) is 3.75. The second-order valence-corrected chi connectivity index (χ2v) is 11.0. The monoisotopic (exact) mass is 516 g/mol.